The third-order valence-corrected chi connectivity index (χ3v) is 10.8. The van der Waals surface area contributed by atoms with Crippen LogP contribution >= 0.6 is 7.82 Å². The smallest absolute Gasteiger partial charge is 0.268 e. The molecule has 0 aliphatic rings. The number of quaternary nitrogens is 1. The van der Waals surface area contributed by atoms with E-state index in [0.29, 0.717) is 17.4 Å². The minimum Gasteiger partial charge on any atom is -0.756 e. The van der Waals surface area contributed by atoms with E-state index in [-0.39, 0.29) is 12.5 Å². The van der Waals surface area contributed by atoms with Crippen molar-refractivity contribution in [2.75, 3.05) is 40.9 Å². The molecule has 0 aliphatic carbocycles. The van der Waals surface area contributed by atoms with Crippen LogP contribution in [0.25, 0.3) is 0 Å². The second-order valence-electron chi connectivity index (χ2n) is 16.7. The summed E-state index contributed by atoms with van der Waals surface area (Å²) in [7, 11) is 1.21. The highest BCUT2D eigenvalue weighted by molar-refractivity contribution is 7.45. The standard InChI is InChI=1S/C49H89N2O6P/c1-6-8-10-12-14-16-18-20-22-24-25-27-29-31-33-35-37-39-41-43-49(53)50-47(46-57-58(54,55)56-45-44-51(3,4)5)48(52)42-40-38-36-34-32-30-28-26-23-21-19-17-15-13-11-9-7-2/h14,16,20,22-23,25-27,32,34,40,42,47-48,52H,6-13,15,17-19,21,24,28-31,33,35-39,41,43-46H2,1-5H3,(H-,50,53,54,55)/b16-14-,22-20-,26-23+,27-25-,34-32+,42-40+. The van der Waals surface area contributed by atoms with Gasteiger partial charge >= 0.3 is 0 Å². The van der Waals surface area contributed by atoms with Crippen molar-refractivity contribution in [3.63, 3.8) is 0 Å². The van der Waals surface area contributed by atoms with E-state index < -0.39 is 26.6 Å². The van der Waals surface area contributed by atoms with Crippen LogP contribution in [0.4, 0.5) is 0 Å². The number of aliphatic hydroxyl groups excluding tert-OH is 1. The highest BCUT2D eigenvalue weighted by Gasteiger charge is 2.23. The van der Waals surface area contributed by atoms with Crippen molar-refractivity contribution in [2.45, 2.75) is 193 Å². The molecule has 0 radical (unpaired) electrons. The van der Waals surface area contributed by atoms with Crippen LogP contribution in [0.15, 0.2) is 72.9 Å². The van der Waals surface area contributed by atoms with E-state index in [2.05, 4.69) is 79.9 Å². The first-order valence-corrected chi connectivity index (χ1v) is 24.8. The zero-order chi connectivity index (χ0) is 42.8. The predicted octanol–water partition coefficient (Wildman–Crippen LogP) is 12.6. The van der Waals surface area contributed by atoms with Crippen molar-refractivity contribution in [2.24, 2.45) is 0 Å². The van der Waals surface area contributed by atoms with Gasteiger partial charge in [0.2, 0.25) is 5.91 Å². The van der Waals surface area contributed by atoms with Gasteiger partial charge in [0.1, 0.15) is 13.2 Å². The molecular weight excluding hydrogens is 744 g/mol. The molecule has 0 fully saturated rings. The lowest BCUT2D eigenvalue weighted by Gasteiger charge is -2.29. The third-order valence-electron chi connectivity index (χ3n) is 9.87. The molecule has 336 valence electrons. The van der Waals surface area contributed by atoms with Crippen LogP contribution in [0, 0.1) is 0 Å². The van der Waals surface area contributed by atoms with Gasteiger partial charge in [0.05, 0.1) is 39.9 Å². The SMILES string of the molecule is CCCCC/C=C\C/C=C\C/C=C\CCCCCCCCC(=O)NC(COP(=O)([O-])OCC[N+](C)(C)C)C(O)/C=C/CC/C=C/CC/C=C/CCCCCCCCC. The fourth-order valence-corrected chi connectivity index (χ4v) is 6.85. The molecule has 0 aromatic rings. The number of phosphoric ester groups is 1. The summed E-state index contributed by atoms with van der Waals surface area (Å²) >= 11 is 0. The van der Waals surface area contributed by atoms with Gasteiger partial charge in [-0.2, -0.15) is 0 Å². The van der Waals surface area contributed by atoms with E-state index >= 15 is 0 Å². The quantitative estimate of drug-likeness (QED) is 0.0275. The highest BCUT2D eigenvalue weighted by atomic mass is 31.2. The molecule has 0 heterocycles. The number of unbranched alkanes of at least 4 members (excludes halogenated alkanes) is 18. The predicted molar refractivity (Wildman–Crippen MR) is 247 cm³/mol. The number of nitrogens with one attached hydrogen (secondary N) is 1. The Hall–Kier alpha value is -2.06. The van der Waals surface area contributed by atoms with Gasteiger partial charge in [-0.1, -0.05) is 164 Å². The number of amides is 1. The average Bonchev–Trinajstić information content (AvgIpc) is 3.17. The Kier molecular flexibility index (Phi) is 38.9. The molecule has 2 N–H and O–H groups in total. The molecule has 0 aromatic carbocycles. The number of phosphoric acid groups is 1. The lowest BCUT2D eigenvalue weighted by Crippen LogP contribution is -2.45. The van der Waals surface area contributed by atoms with Crippen molar-refractivity contribution in [3.05, 3.63) is 72.9 Å². The molecule has 9 heteroatoms. The number of hydrogen-bond acceptors (Lipinski definition) is 6. The molecular formula is C49H89N2O6P. The van der Waals surface area contributed by atoms with Gasteiger partial charge in [0, 0.05) is 6.42 Å². The Balaban J connectivity index is 4.51. The number of carbonyl (C=O) groups is 1. The van der Waals surface area contributed by atoms with E-state index in [0.717, 1.165) is 70.6 Å². The maximum atomic E-state index is 12.9. The summed E-state index contributed by atoms with van der Waals surface area (Å²) in [6.45, 7) is 4.55. The topological polar surface area (TPSA) is 108 Å². The summed E-state index contributed by atoms with van der Waals surface area (Å²) < 4.78 is 23.2. The first-order valence-electron chi connectivity index (χ1n) is 23.3. The van der Waals surface area contributed by atoms with E-state index in [1.54, 1.807) is 6.08 Å². The summed E-state index contributed by atoms with van der Waals surface area (Å²) in [6, 6.07) is -0.919. The van der Waals surface area contributed by atoms with Crippen LogP contribution in [0.1, 0.15) is 181 Å². The van der Waals surface area contributed by atoms with Crippen molar-refractivity contribution >= 4 is 13.7 Å². The minimum atomic E-state index is -4.61. The molecule has 0 spiro atoms. The van der Waals surface area contributed by atoms with Crippen LogP contribution in [-0.4, -0.2) is 68.5 Å². The van der Waals surface area contributed by atoms with Gasteiger partial charge in [-0.25, -0.2) is 0 Å². The van der Waals surface area contributed by atoms with Crippen LogP contribution < -0.4 is 10.2 Å². The van der Waals surface area contributed by atoms with Gasteiger partial charge in [-0.3, -0.25) is 9.36 Å². The monoisotopic (exact) mass is 833 g/mol. The number of carbonyl (C=O) groups excluding carboxylic acids is 1. The Morgan fingerprint density at radius 3 is 1.55 bits per heavy atom. The van der Waals surface area contributed by atoms with Gasteiger partial charge < -0.3 is 28.8 Å². The van der Waals surface area contributed by atoms with Gasteiger partial charge in [0.25, 0.3) is 7.82 Å². The van der Waals surface area contributed by atoms with Crippen molar-refractivity contribution in [1.29, 1.82) is 0 Å². The van der Waals surface area contributed by atoms with Crippen molar-refractivity contribution < 1.29 is 32.9 Å². The van der Waals surface area contributed by atoms with E-state index in [9.17, 15) is 19.4 Å². The zero-order valence-electron chi connectivity index (χ0n) is 38.0. The summed E-state index contributed by atoms with van der Waals surface area (Å²) in [5, 5.41) is 13.8. The Morgan fingerprint density at radius 1 is 0.603 bits per heavy atom. The first kappa shape index (κ1) is 55.9. The van der Waals surface area contributed by atoms with Gasteiger partial charge in [-0.15, -0.1) is 0 Å². The van der Waals surface area contributed by atoms with Crippen LogP contribution in [-0.2, 0) is 18.4 Å². The van der Waals surface area contributed by atoms with Crippen LogP contribution in [0.2, 0.25) is 0 Å². The molecule has 8 nitrogen and oxygen atoms in total. The first-order chi connectivity index (χ1) is 28.0. The van der Waals surface area contributed by atoms with Gasteiger partial charge in [0.15, 0.2) is 0 Å². The summed E-state index contributed by atoms with van der Waals surface area (Å²) in [5.74, 6) is -0.227. The number of nitrogens with zero attached hydrogens (tertiary/aromatic N) is 1. The Bertz CT molecular complexity index is 1170. The van der Waals surface area contributed by atoms with E-state index in [1.165, 1.54) is 89.9 Å². The maximum absolute atomic E-state index is 12.9. The molecule has 0 saturated carbocycles. The Labute approximate surface area is 357 Å². The molecule has 0 aliphatic heterocycles. The van der Waals surface area contributed by atoms with Crippen molar-refractivity contribution in [1.82, 2.24) is 5.32 Å². The molecule has 3 unspecified atom stereocenters. The largest absolute Gasteiger partial charge is 0.756 e. The summed E-state index contributed by atoms with van der Waals surface area (Å²) in [6.07, 6.45) is 53.7. The normalized spacial score (nSPS) is 14.9. The lowest BCUT2D eigenvalue weighted by atomic mass is 10.1. The van der Waals surface area contributed by atoms with E-state index in [4.69, 9.17) is 9.05 Å². The maximum Gasteiger partial charge on any atom is 0.268 e. The third kappa shape index (κ3) is 42.1. The minimum absolute atomic E-state index is 0.0152. The molecule has 0 aromatic heterocycles. The molecule has 0 rings (SSSR count). The number of likely N-dealkylation sites (N-methyl/N-ethyl adjacent to an activating group) is 1. The number of hydrogen-bond donors (Lipinski definition) is 2. The average molecular weight is 833 g/mol. The fourth-order valence-electron chi connectivity index (χ4n) is 6.13. The second kappa shape index (κ2) is 40.4. The zero-order valence-corrected chi connectivity index (χ0v) is 38.9. The molecule has 58 heavy (non-hydrogen) atoms. The number of aliphatic hydroxyl groups is 1. The molecule has 1 amide bonds. The van der Waals surface area contributed by atoms with Crippen LogP contribution in [0.3, 0.4) is 0 Å². The van der Waals surface area contributed by atoms with Gasteiger partial charge in [-0.05, 0) is 83.5 Å². The lowest BCUT2D eigenvalue weighted by molar-refractivity contribution is -0.870. The van der Waals surface area contributed by atoms with Crippen molar-refractivity contribution in [3.8, 4) is 0 Å². The summed E-state index contributed by atoms with van der Waals surface area (Å²) in [4.78, 5) is 25.3. The summed E-state index contributed by atoms with van der Waals surface area (Å²) in [5.41, 5.74) is 0. The fraction of sp³-hybridized carbons (Fsp3) is 0.735. The van der Waals surface area contributed by atoms with Crippen LogP contribution in [0.5, 0.6) is 0 Å². The Morgan fingerprint density at radius 2 is 1.02 bits per heavy atom. The van der Waals surface area contributed by atoms with E-state index in [1.807, 2.05) is 27.2 Å². The molecule has 3 atom stereocenters. The second-order valence-corrected chi connectivity index (χ2v) is 18.1. The molecule has 0 bridgehead atoms. The highest BCUT2D eigenvalue weighted by Crippen LogP contribution is 2.38. The number of allylic oxidation sites excluding steroid dienone is 11. The molecule has 0 saturated heterocycles. The number of rotatable bonds is 41.